The number of hydrogen-bond acceptors (Lipinski definition) is 7. The highest BCUT2D eigenvalue weighted by Crippen LogP contribution is 2.32. The zero-order chi connectivity index (χ0) is 17.1. The normalized spacial score (nSPS) is 10.8. The first kappa shape index (κ1) is 16.9. The SMILES string of the molecule is CN(C)c1nc2ncnc(SCC(=O)Nc3cccc(Cl)c3)c2s1. The molecule has 0 unspecified atom stereocenters. The number of halogens is 1. The molecule has 0 fully saturated rings. The maximum atomic E-state index is 12.1. The minimum atomic E-state index is -0.119. The monoisotopic (exact) mass is 379 g/mol. The van der Waals surface area contributed by atoms with Crippen molar-refractivity contribution in [3.05, 3.63) is 35.6 Å². The molecule has 1 N–H and O–H groups in total. The molecule has 0 bridgehead atoms. The molecule has 0 saturated heterocycles. The second-order valence-corrected chi connectivity index (χ2v) is 7.45. The van der Waals surface area contributed by atoms with Crippen molar-refractivity contribution in [3.63, 3.8) is 0 Å². The smallest absolute Gasteiger partial charge is 0.234 e. The minimum Gasteiger partial charge on any atom is -0.354 e. The average Bonchev–Trinajstić information content (AvgIpc) is 2.98. The van der Waals surface area contributed by atoms with Gasteiger partial charge in [0.25, 0.3) is 0 Å². The lowest BCUT2D eigenvalue weighted by molar-refractivity contribution is -0.113. The van der Waals surface area contributed by atoms with Crippen LogP contribution in [-0.2, 0) is 4.79 Å². The van der Waals surface area contributed by atoms with E-state index in [1.165, 1.54) is 29.4 Å². The van der Waals surface area contributed by atoms with E-state index in [4.69, 9.17) is 11.6 Å². The van der Waals surface area contributed by atoms with E-state index < -0.39 is 0 Å². The van der Waals surface area contributed by atoms with Crippen LogP contribution in [0.4, 0.5) is 10.8 Å². The number of hydrogen-bond donors (Lipinski definition) is 1. The fourth-order valence-electron chi connectivity index (χ4n) is 1.91. The van der Waals surface area contributed by atoms with E-state index in [0.717, 1.165) is 14.9 Å². The van der Waals surface area contributed by atoms with Crippen molar-refractivity contribution < 1.29 is 4.79 Å². The maximum Gasteiger partial charge on any atom is 0.234 e. The van der Waals surface area contributed by atoms with Crippen LogP contribution in [0.3, 0.4) is 0 Å². The second kappa shape index (κ2) is 7.33. The van der Waals surface area contributed by atoms with Crippen molar-refractivity contribution >= 4 is 61.8 Å². The number of aromatic nitrogens is 3. The van der Waals surface area contributed by atoms with Crippen LogP contribution in [0.2, 0.25) is 5.02 Å². The largest absolute Gasteiger partial charge is 0.354 e. The van der Waals surface area contributed by atoms with Crippen LogP contribution in [0.5, 0.6) is 0 Å². The first-order valence-corrected chi connectivity index (χ1v) is 9.18. The lowest BCUT2D eigenvalue weighted by Gasteiger charge is -2.05. The summed E-state index contributed by atoms with van der Waals surface area (Å²) in [6, 6.07) is 7.05. The molecule has 0 radical (unpaired) electrons. The predicted molar refractivity (Wildman–Crippen MR) is 100 cm³/mol. The summed E-state index contributed by atoms with van der Waals surface area (Å²) in [6.07, 6.45) is 1.47. The molecule has 1 aromatic carbocycles. The maximum absolute atomic E-state index is 12.1. The molecule has 6 nitrogen and oxygen atoms in total. The van der Waals surface area contributed by atoms with E-state index in [-0.39, 0.29) is 11.7 Å². The number of nitrogens with one attached hydrogen (secondary N) is 1. The average molecular weight is 380 g/mol. The van der Waals surface area contributed by atoms with Gasteiger partial charge in [-0.15, -0.1) is 0 Å². The number of rotatable bonds is 5. The van der Waals surface area contributed by atoms with Crippen molar-refractivity contribution in [1.29, 1.82) is 0 Å². The van der Waals surface area contributed by atoms with Crippen molar-refractivity contribution in [2.24, 2.45) is 0 Å². The summed E-state index contributed by atoms with van der Waals surface area (Å²) in [5.41, 5.74) is 1.32. The van der Waals surface area contributed by atoms with Gasteiger partial charge in [-0.2, -0.15) is 4.98 Å². The summed E-state index contributed by atoms with van der Waals surface area (Å²) in [6.45, 7) is 0. The summed E-state index contributed by atoms with van der Waals surface area (Å²) < 4.78 is 0.891. The Hall–Kier alpha value is -1.90. The van der Waals surface area contributed by atoms with Gasteiger partial charge < -0.3 is 10.2 Å². The van der Waals surface area contributed by atoms with Gasteiger partial charge in [0.15, 0.2) is 10.8 Å². The number of benzene rings is 1. The molecule has 0 saturated carbocycles. The van der Waals surface area contributed by atoms with Crippen LogP contribution in [0, 0.1) is 0 Å². The van der Waals surface area contributed by atoms with Crippen LogP contribution in [0.25, 0.3) is 10.3 Å². The molecule has 3 rings (SSSR count). The van der Waals surface area contributed by atoms with Crippen LogP contribution in [0.15, 0.2) is 35.6 Å². The Morgan fingerprint density at radius 1 is 1.38 bits per heavy atom. The van der Waals surface area contributed by atoms with E-state index in [1.54, 1.807) is 24.3 Å². The van der Waals surface area contributed by atoms with Gasteiger partial charge in [-0.1, -0.05) is 40.8 Å². The topological polar surface area (TPSA) is 71.0 Å². The minimum absolute atomic E-state index is 0.119. The number of amides is 1. The molecule has 24 heavy (non-hydrogen) atoms. The number of thioether (sulfide) groups is 1. The molecular weight excluding hydrogens is 366 g/mol. The molecule has 3 aromatic rings. The van der Waals surface area contributed by atoms with Crippen LogP contribution in [-0.4, -0.2) is 40.7 Å². The van der Waals surface area contributed by atoms with Crippen molar-refractivity contribution in [2.45, 2.75) is 5.03 Å². The summed E-state index contributed by atoms with van der Waals surface area (Å²) >= 11 is 8.78. The highest BCUT2D eigenvalue weighted by molar-refractivity contribution is 8.00. The molecular formula is C15H14ClN5OS2. The Balaban J connectivity index is 1.70. The number of nitrogens with zero attached hydrogens (tertiary/aromatic N) is 4. The summed E-state index contributed by atoms with van der Waals surface area (Å²) in [5, 5.41) is 5.01. The molecule has 0 aliphatic rings. The highest BCUT2D eigenvalue weighted by Gasteiger charge is 2.13. The Morgan fingerprint density at radius 2 is 2.21 bits per heavy atom. The van der Waals surface area contributed by atoms with Crippen LogP contribution < -0.4 is 10.2 Å². The molecule has 2 heterocycles. The first-order valence-electron chi connectivity index (χ1n) is 7.00. The van der Waals surface area contributed by atoms with Crippen molar-refractivity contribution in [1.82, 2.24) is 15.0 Å². The summed E-state index contributed by atoms with van der Waals surface area (Å²) in [5.74, 6) is 0.125. The fraction of sp³-hybridized carbons (Fsp3) is 0.200. The van der Waals surface area contributed by atoms with Gasteiger partial charge in [0, 0.05) is 24.8 Å². The molecule has 2 aromatic heterocycles. The van der Waals surface area contributed by atoms with Crippen LogP contribution in [0.1, 0.15) is 0 Å². The fourth-order valence-corrected chi connectivity index (χ4v) is 3.92. The zero-order valence-electron chi connectivity index (χ0n) is 13.0. The van der Waals surface area contributed by atoms with E-state index in [1.807, 2.05) is 19.0 Å². The van der Waals surface area contributed by atoms with Crippen molar-refractivity contribution in [3.8, 4) is 0 Å². The Kier molecular flexibility index (Phi) is 5.17. The Bertz CT molecular complexity index is 883. The van der Waals surface area contributed by atoms with Crippen LogP contribution >= 0.6 is 34.7 Å². The van der Waals surface area contributed by atoms with Gasteiger partial charge in [0.1, 0.15) is 16.1 Å². The van der Waals surface area contributed by atoms with Gasteiger partial charge in [0.05, 0.1) is 5.75 Å². The van der Waals surface area contributed by atoms with E-state index >= 15 is 0 Å². The third kappa shape index (κ3) is 3.95. The predicted octanol–water partition coefficient (Wildman–Crippen LogP) is 3.54. The zero-order valence-corrected chi connectivity index (χ0v) is 15.4. The number of fused-ring (bicyclic) bond motifs is 1. The third-order valence-electron chi connectivity index (χ3n) is 2.98. The Labute approximate surface area is 152 Å². The lowest BCUT2D eigenvalue weighted by Crippen LogP contribution is -2.14. The quantitative estimate of drug-likeness (QED) is 0.540. The summed E-state index contributed by atoms with van der Waals surface area (Å²) in [7, 11) is 3.85. The molecule has 1 amide bonds. The molecule has 124 valence electrons. The molecule has 0 spiro atoms. The molecule has 0 atom stereocenters. The van der Waals surface area contributed by atoms with Gasteiger partial charge in [0.2, 0.25) is 5.91 Å². The third-order valence-corrected chi connectivity index (χ3v) is 5.55. The number of thiazole rings is 1. The number of carbonyl (C=O) groups is 1. The van der Waals surface area contributed by atoms with E-state index in [2.05, 4.69) is 20.3 Å². The van der Waals surface area contributed by atoms with E-state index in [9.17, 15) is 4.79 Å². The standard InChI is InChI=1S/C15H14ClN5OS2/c1-21(2)15-20-13-12(24-15)14(18-8-17-13)23-7-11(22)19-10-5-3-4-9(16)6-10/h3-6,8H,7H2,1-2H3,(H,19,22). The Morgan fingerprint density at radius 3 is 2.96 bits per heavy atom. The number of anilines is 2. The molecule has 9 heteroatoms. The molecule has 0 aliphatic carbocycles. The van der Waals surface area contributed by atoms with Gasteiger partial charge in [-0.3, -0.25) is 4.79 Å². The van der Waals surface area contributed by atoms with E-state index in [0.29, 0.717) is 16.4 Å². The lowest BCUT2D eigenvalue weighted by atomic mass is 10.3. The van der Waals surface area contributed by atoms with Gasteiger partial charge in [-0.25, -0.2) is 9.97 Å². The molecule has 0 aliphatic heterocycles. The van der Waals surface area contributed by atoms with Gasteiger partial charge in [-0.05, 0) is 18.2 Å². The second-order valence-electron chi connectivity index (χ2n) is 5.07. The highest BCUT2D eigenvalue weighted by atomic mass is 35.5. The van der Waals surface area contributed by atoms with Gasteiger partial charge >= 0.3 is 0 Å². The first-order chi connectivity index (χ1) is 11.5. The summed E-state index contributed by atoms with van der Waals surface area (Å²) in [4.78, 5) is 26.9. The van der Waals surface area contributed by atoms with Crippen molar-refractivity contribution in [2.75, 3.05) is 30.1 Å². The number of carbonyl (C=O) groups excluding carboxylic acids is 1.